The van der Waals surface area contributed by atoms with Crippen LogP contribution in [0.25, 0.3) is 0 Å². The third kappa shape index (κ3) is 6.78. The number of carbonyl (C=O) groups excluding carboxylic acids is 1. The van der Waals surface area contributed by atoms with Gasteiger partial charge in [0.25, 0.3) is 0 Å². The standard InChI is InChI=1S/C13H24N6O3S/c1-10-16-11(8-12(17-10)18(2)3)14-6-7-15-13(20)9-19(4)23(5,21)22/h8H,6-7,9H2,1-5H3,(H,15,20)(H,14,16,17). The zero-order valence-corrected chi connectivity index (χ0v) is 14.9. The average molecular weight is 344 g/mol. The molecule has 23 heavy (non-hydrogen) atoms. The Morgan fingerprint density at radius 2 is 1.87 bits per heavy atom. The van der Waals surface area contributed by atoms with Crippen molar-refractivity contribution < 1.29 is 13.2 Å². The highest BCUT2D eigenvalue weighted by molar-refractivity contribution is 7.88. The van der Waals surface area contributed by atoms with E-state index < -0.39 is 10.0 Å². The highest BCUT2D eigenvalue weighted by atomic mass is 32.2. The van der Waals surface area contributed by atoms with Crippen LogP contribution in [0.15, 0.2) is 6.07 Å². The van der Waals surface area contributed by atoms with Gasteiger partial charge in [-0.3, -0.25) is 4.79 Å². The molecule has 1 heterocycles. The van der Waals surface area contributed by atoms with Crippen LogP contribution in [0.2, 0.25) is 0 Å². The van der Waals surface area contributed by atoms with Crippen LogP contribution in [0.4, 0.5) is 11.6 Å². The van der Waals surface area contributed by atoms with Crippen molar-refractivity contribution in [2.45, 2.75) is 6.92 Å². The van der Waals surface area contributed by atoms with Crippen molar-refractivity contribution in [3.63, 3.8) is 0 Å². The minimum atomic E-state index is -3.35. The highest BCUT2D eigenvalue weighted by Crippen LogP contribution is 2.12. The third-order valence-corrected chi connectivity index (χ3v) is 4.23. The smallest absolute Gasteiger partial charge is 0.235 e. The number of carbonyl (C=O) groups is 1. The first-order valence-electron chi connectivity index (χ1n) is 7.04. The van der Waals surface area contributed by atoms with Crippen LogP contribution in [0.3, 0.4) is 0 Å². The molecule has 0 atom stereocenters. The molecule has 1 amide bonds. The predicted molar refractivity (Wildman–Crippen MR) is 90.1 cm³/mol. The van der Waals surface area contributed by atoms with E-state index in [4.69, 9.17) is 0 Å². The zero-order valence-electron chi connectivity index (χ0n) is 14.1. The van der Waals surface area contributed by atoms with Gasteiger partial charge in [-0.25, -0.2) is 18.4 Å². The molecule has 0 saturated heterocycles. The maximum atomic E-state index is 11.6. The van der Waals surface area contributed by atoms with Gasteiger partial charge in [-0.15, -0.1) is 0 Å². The van der Waals surface area contributed by atoms with E-state index in [0.29, 0.717) is 24.7 Å². The number of aromatic nitrogens is 2. The number of nitrogens with zero attached hydrogens (tertiary/aromatic N) is 4. The van der Waals surface area contributed by atoms with Crippen LogP contribution in [-0.2, 0) is 14.8 Å². The SMILES string of the molecule is Cc1nc(NCCNC(=O)CN(C)S(C)(=O)=O)cc(N(C)C)n1. The summed E-state index contributed by atoms with van der Waals surface area (Å²) in [4.78, 5) is 22.1. The van der Waals surface area contributed by atoms with E-state index >= 15 is 0 Å². The lowest BCUT2D eigenvalue weighted by molar-refractivity contribution is -0.121. The van der Waals surface area contributed by atoms with Crippen LogP contribution in [-0.4, -0.2) is 75.6 Å². The Balaban J connectivity index is 2.42. The maximum absolute atomic E-state index is 11.6. The minimum absolute atomic E-state index is 0.198. The summed E-state index contributed by atoms with van der Waals surface area (Å²) < 4.78 is 23.4. The van der Waals surface area contributed by atoms with E-state index in [1.54, 1.807) is 6.92 Å². The van der Waals surface area contributed by atoms with Gasteiger partial charge in [0, 0.05) is 40.3 Å². The average Bonchev–Trinajstić information content (AvgIpc) is 2.42. The first kappa shape index (κ1) is 19.1. The Hall–Kier alpha value is -1.94. The molecule has 0 saturated carbocycles. The predicted octanol–water partition coefficient (Wildman–Crippen LogP) is -0.729. The quantitative estimate of drug-likeness (QED) is 0.599. The molecule has 0 aliphatic carbocycles. The van der Waals surface area contributed by atoms with Crippen LogP contribution < -0.4 is 15.5 Å². The molecule has 0 aliphatic rings. The fourth-order valence-electron chi connectivity index (χ4n) is 1.64. The van der Waals surface area contributed by atoms with Gasteiger partial charge in [0.05, 0.1) is 12.8 Å². The summed E-state index contributed by atoms with van der Waals surface area (Å²) in [5, 5.41) is 5.74. The van der Waals surface area contributed by atoms with E-state index in [0.717, 1.165) is 16.4 Å². The number of rotatable bonds is 8. The van der Waals surface area contributed by atoms with Gasteiger partial charge in [-0.2, -0.15) is 4.31 Å². The normalized spacial score (nSPS) is 11.4. The Bertz CT molecular complexity index is 647. The lowest BCUT2D eigenvalue weighted by Crippen LogP contribution is -2.39. The largest absolute Gasteiger partial charge is 0.368 e. The first-order chi connectivity index (χ1) is 10.6. The Morgan fingerprint density at radius 1 is 1.22 bits per heavy atom. The van der Waals surface area contributed by atoms with Crippen LogP contribution in [0.1, 0.15) is 5.82 Å². The number of likely N-dealkylation sites (N-methyl/N-ethyl adjacent to an activating group) is 1. The van der Waals surface area contributed by atoms with Gasteiger partial charge in [0.15, 0.2) is 0 Å². The van der Waals surface area contributed by atoms with Gasteiger partial charge >= 0.3 is 0 Å². The Kier molecular flexibility index (Phi) is 6.70. The molecule has 1 rings (SSSR count). The van der Waals surface area contributed by atoms with E-state index in [1.165, 1.54) is 7.05 Å². The second kappa shape index (κ2) is 8.06. The molecule has 0 fully saturated rings. The lowest BCUT2D eigenvalue weighted by atomic mass is 10.4. The summed E-state index contributed by atoms with van der Waals surface area (Å²) in [6, 6.07) is 1.81. The number of amides is 1. The molecule has 0 radical (unpaired) electrons. The zero-order chi connectivity index (χ0) is 17.6. The van der Waals surface area contributed by atoms with Crippen LogP contribution in [0, 0.1) is 6.92 Å². The second-order valence-corrected chi connectivity index (χ2v) is 7.44. The monoisotopic (exact) mass is 344 g/mol. The fourth-order valence-corrected chi connectivity index (χ4v) is 1.99. The summed E-state index contributed by atoms with van der Waals surface area (Å²) in [6.45, 7) is 2.44. The third-order valence-electron chi connectivity index (χ3n) is 2.97. The molecule has 2 N–H and O–H groups in total. The highest BCUT2D eigenvalue weighted by Gasteiger charge is 2.14. The molecule has 1 aromatic heterocycles. The number of hydrogen-bond acceptors (Lipinski definition) is 7. The number of nitrogens with one attached hydrogen (secondary N) is 2. The molecule has 0 unspecified atom stereocenters. The number of aryl methyl sites for hydroxylation is 1. The molecule has 0 aliphatic heterocycles. The topological polar surface area (TPSA) is 108 Å². The summed E-state index contributed by atoms with van der Waals surface area (Å²) in [6.07, 6.45) is 1.06. The van der Waals surface area contributed by atoms with Crippen molar-refractivity contribution in [2.75, 3.05) is 57.2 Å². The van der Waals surface area contributed by atoms with E-state index in [9.17, 15) is 13.2 Å². The van der Waals surface area contributed by atoms with E-state index in [2.05, 4.69) is 20.6 Å². The first-order valence-corrected chi connectivity index (χ1v) is 8.89. The van der Waals surface area contributed by atoms with Gasteiger partial charge in [0.1, 0.15) is 17.5 Å². The molecule has 0 spiro atoms. The summed E-state index contributed by atoms with van der Waals surface area (Å²) in [7, 11) is 1.79. The van der Waals surface area contributed by atoms with Gasteiger partial charge in [-0.05, 0) is 6.92 Å². The van der Waals surface area contributed by atoms with Crippen molar-refractivity contribution in [2.24, 2.45) is 0 Å². The number of anilines is 2. The molecule has 130 valence electrons. The van der Waals surface area contributed by atoms with Gasteiger partial charge < -0.3 is 15.5 Å². The van der Waals surface area contributed by atoms with Gasteiger partial charge in [-0.1, -0.05) is 0 Å². The molecular formula is C13H24N6O3S. The van der Waals surface area contributed by atoms with E-state index in [1.807, 2.05) is 25.1 Å². The number of sulfonamides is 1. The molecule has 1 aromatic rings. The summed E-state index contributed by atoms with van der Waals surface area (Å²) >= 11 is 0. The van der Waals surface area contributed by atoms with Crippen molar-refractivity contribution in [1.82, 2.24) is 19.6 Å². The van der Waals surface area contributed by atoms with E-state index in [-0.39, 0.29) is 12.5 Å². The maximum Gasteiger partial charge on any atom is 0.235 e. The van der Waals surface area contributed by atoms with Crippen molar-refractivity contribution in [3.8, 4) is 0 Å². The van der Waals surface area contributed by atoms with Crippen LogP contribution in [0.5, 0.6) is 0 Å². The van der Waals surface area contributed by atoms with Crippen molar-refractivity contribution in [1.29, 1.82) is 0 Å². The number of hydrogen-bond donors (Lipinski definition) is 2. The fraction of sp³-hybridized carbons (Fsp3) is 0.615. The summed E-state index contributed by atoms with van der Waals surface area (Å²) in [5.74, 6) is 1.76. The molecular weight excluding hydrogens is 320 g/mol. The molecule has 9 nitrogen and oxygen atoms in total. The van der Waals surface area contributed by atoms with Crippen molar-refractivity contribution in [3.05, 3.63) is 11.9 Å². The molecule has 10 heteroatoms. The van der Waals surface area contributed by atoms with Gasteiger partial charge in [0.2, 0.25) is 15.9 Å². The molecule has 0 aromatic carbocycles. The minimum Gasteiger partial charge on any atom is -0.368 e. The van der Waals surface area contributed by atoms with Crippen molar-refractivity contribution >= 4 is 27.6 Å². The van der Waals surface area contributed by atoms with Crippen LogP contribution >= 0.6 is 0 Å². The Labute approximate surface area is 137 Å². The molecule has 0 bridgehead atoms. The summed E-state index contributed by atoms with van der Waals surface area (Å²) in [5.41, 5.74) is 0. The Morgan fingerprint density at radius 3 is 2.43 bits per heavy atom. The lowest BCUT2D eigenvalue weighted by Gasteiger charge is -2.15. The second-order valence-electron chi connectivity index (χ2n) is 5.35.